The first kappa shape index (κ1) is 73.8. The van der Waals surface area contributed by atoms with E-state index in [0.717, 1.165) is 130 Å². The zero-order valence-electron chi connectivity index (χ0n) is 61.5. The Labute approximate surface area is 625 Å². The summed E-state index contributed by atoms with van der Waals surface area (Å²) in [7, 11) is 3.61. The number of nitrogen functional groups attached to an aromatic ring is 3. The summed E-state index contributed by atoms with van der Waals surface area (Å²) in [6, 6.07) is 46.7. The molecule has 4 amide bonds. The van der Waals surface area contributed by atoms with Gasteiger partial charge in [-0.25, -0.2) is 43.9 Å². The molecular weight excluding hydrogens is 1360 g/mol. The first-order valence-corrected chi connectivity index (χ1v) is 36.7. The van der Waals surface area contributed by atoms with E-state index in [1.807, 2.05) is 187 Å². The fourth-order valence-electron chi connectivity index (χ4n) is 14.7. The molecular formula is C83H89N19O6. The van der Waals surface area contributed by atoms with Crippen molar-refractivity contribution in [2.24, 2.45) is 11.8 Å². The lowest BCUT2D eigenvalue weighted by atomic mass is 9.85. The summed E-state index contributed by atoms with van der Waals surface area (Å²) >= 11 is 0. The topological polar surface area (TPSA) is 343 Å². The van der Waals surface area contributed by atoms with Crippen molar-refractivity contribution in [2.45, 2.75) is 130 Å². The van der Waals surface area contributed by atoms with Gasteiger partial charge in [0.1, 0.15) is 53.5 Å². The van der Waals surface area contributed by atoms with Crippen molar-refractivity contribution in [3.63, 3.8) is 0 Å². The van der Waals surface area contributed by atoms with Gasteiger partial charge in [0.05, 0.1) is 46.8 Å². The standard InChI is InChI=1S/C29H33N7O2.C29H32N6O3.C25H24N6O/c1-18-7-4-5-10-23(18)28(37)31-16-19-11-13-20(14-12-19)25-24-26(30)32-17-33-27(24)36(34-25)22-9-6-8-21(15-22)29(38)35(2)3;1-3-38-29(37)21-8-6-9-22(15-21)35-27-24(26(30)32-17-33-27)25(34-35)20-13-11-19(12-14-20)16-31-28(36)23-10-5-4-7-18(23)2;1-16-6-2-5-9-20(16)25(32)27-14-17-10-12-18(13-11-17)22-21-23(26)28-15-29-24(21)31(30-22)19-7-3-4-8-19/h4-5,7,10-14,17,21-22H,6,8-9,15-16H2,1-3H3,(H,31,37)(H2,30,32,33);4-5,7,10-14,17,21-22H,3,6,8-9,15-16H2,1-2H3,(H,31,36)(H2,30,32,33);2-6,9-13,15,19H,7-8,14H2,1H3,(H,27,32)(H2,26,28,29). The Hall–Kier alpha value is -12.5. The van der Waals surface area contributed by atoms with Gasteiger partial charge in [-0.3, -0.25) is 24.0 Å². The fourth-order valence-corrected chi connectivity index (χ4v) is 14.7. The highest BCUT2D eigenvalue weighted by atomic mass is 16.5. The van der Waals surface area contributed by atoms with Gasteiger partial charge in [0.25, 0.3) is 17.7 Å². The quantitative estimate of drug-likeness (QED) is 0.0343. The number of hydrogen-bond acceptors (Lipinski definition) is 18. The minimum atomic E-state index is -0.148. The van der Waals surface area contributed by atoms with Crippen molar-refractivity contribution in [3.05, 3.63) is 227 Å². The van der Waals surface area contributed by atoms with Gasteiger partial charge in [0, 0.05) is 73.0 Å². The second kappa shape index (κ2) is 33.3. The average Bonchev–Trinajstić information content (AvgIpc) is 1.62. The summed E-state index contributed by atoms with van der Waals surface area (Å²) in [6.45, 7) is 9.26. The molecule has 6 aromatic carbocycles. The number of esters is 1. The summed E-state index contributed by atoms with van der Waals surface area (Å²) in [5.41, 5.74) is 33.7. The zero-order chi connectivity index (χ0) is 75.5. The van der Waals surface area contributed by atoms with Crippen LogP contribution in [0.15, 0.2) is 177 Å². The third-order valence-corrected chi connectivity index (χ3v) is 20.5. The molecule has 4 atom stereocenters. The van der Waals surface area contributed by atoms with E-state index in [4.69, 9.17) is 37.2 Å². The molecule has 9 N–H and O–H groups in total. The summed E-state index contributed by atoms with van der Waals surface area (Å²) < 4.78 is 11.1. The number of anilines is 3. The SMILES string of the molecule is CCOC(=O)C1CCCC(n2nc(-c3ccc(CNC(=O)c4ccccc4C)cc3)c3c(N)ncnc32)C1.Cc1ccccc1C(=O)NCc1ccc(-c2nn(C3CC=CC3)c3ncnc(N)c23)cc1.Cc1ccccc1C(=O)NCc1ccc(-c2nn(C3CCCC(C(=O)N(C)C)C3)c3ncnc(N)c23)cc1. The Morgan fingerprint density at radius 1 is 0.444 bits per heavy atom. The highest BCUT2D eigenvalue weighted by Crippen LogP contribution is 2.41. The summed E-state index contributed by atoms with van der Waals surface area (Å²) in [4.78, 5) is 90.6. The van der Waals surface area contributed by atoms with Crippen molar-refractivity contribution in [1.29, 1.82) is 0 Å². The Kier molecular flexibility index (Phi) is 22.7. The lowest BCUT2D eigenvalue weighted by Crippen LogP contribution is -2.33. The molecule has 0 spiro atoms. The second-order valence-corrected chi connectivity index (χ2v) is 28.0. The number of carbonyl (C=O) groups is 5. The molecule has 2 saturated carbocycles. The molecule has 4 unspecified atom stereocenters. The van der Waals surface area contributed by atoms with Gasteiger partial charge in [-0.1, -0.05) is 152 Å². The molecule has 25 nitrogen and oxygen atoms in total. The number of aromatic nitrogens is 12. The third kappa shape index (κ3) is 16.3. The highest BCUT2D eigenvalue weighted by molar-refractivity contribution is 6.01. The van der Waals surface area contributed by atoms with Gasteiger partial charge >= 0.3 is 5.97 Å². The third-order valence-electron chi connectivity index (χ3n) is 20.5. The van der Waals surface area contributed by atoms with Crippen LogP contribution in [0.25, 0.3) is 66.9 Å². The number of carbonyl (C=O) groups excluding carboxylic acids is 5. The lowest BCUT2D eigenvalue weighted by molar-refractivity contribution is -0.149. The van der Waals surface area contributed by atoms with E-state index in [1.165, 1.54) is 19.0 Å². The van der Waals surface area contributed by atoms with Crippen LogP contribution in [0.1, 0.15) is 154 Å². The molecule has 3 aliphatic carbocycles. The van der Waals surface area contributed by atoms with Crippen LogP contribution in [0.3, 0.4) is 0 Å². The van der Waals surface area contributed by atoms with Crippen LogP contribution in [0, 0.1) is 32.6 Å². The maximum Gasteiger partial charge on any atom is 0.308 e. The van der Waals surface area contributed by atoms with E-state index in [9.17, 15) is 24.0 Å². The molecule has 6 aromatic heterocycles. The van der Waals surface area contributed by atoms with Crippen molar-refractivity contribution in [1.82, 2.24) is 80.1 Å². The van der Waals surface area contributed by atoms with Gasteiger partial charge in [0.2, 0.25) is 5.91 Å². The smallest absolute Gasteiger partial charge is 0.308 e. The minimum Gasteiger partial charge on any atom is -0.466 e. The van der Waals surface area contributed by atoms with Gasteiger partial charge in [-0.15, -0.1) is 0 Å². The molecule has 552 valence electrons. The van der Waals surface area contributed by atoms with Crippen LogP contribution in [-0.4, -0.2) is 114 Å². The number of nitrogens with zero attached hydrogens (tertiary/aromatic N) is 13. The van der Waals surface area contributed by atoms with Gasteiger partial charge in [-0.2, -0.15) is 15.3 Å². The Morgan fingerprint density at radius 3 is 1.12 bits per heavy atom. The van der Waals surface area contributed by atoms with Crippen molar-refractivity contribution >= 4 is 80.2 Å². The number of fused-ring (bicyclic) bond motifs is 3. The lowest BCUT2D eigenvalue weighted by Gasteiger charge is -2.30. The van der Waals surface area contributed by atoms with E-state index in [1.54, 1.807) is 19.0 Å². The predicted molar refractivity (Wildman–Crippen MR) is 417 cm³/mol. The normalized spacial score (nSPS) is 16.2. The Morgan fingerprint density at radius 2 is 0.778 bits per heavy atom. The average molecular weight is 1450 g/mol. The number of hydrogen-bond donors (Lipinski definition) is 6. The van der Waals surface area contributed by atoms with Crippen molar-refractivity contribution < 1.29 is 28.7 Å². The first-order chi connectivity index (χ1) is 52.4. The molecule has 108 heavy (non-hydrogen) atoms. The van der Waals surface area contributed by atoms with Gasteiger partial charge in [-0.05, 0) is 131 Å². The van der Waals surface area contributed by atoms with Crippen LogP contribution in [-0.2, 0) is 34.0 Å². The van der Waals surface area contributed by atoms with Crippen LogP contribution in [0.4, 0.5) is 17.5 Å². The van der Waals surface area contributed by atoms with Crippen LogP contribution < -0.4 is 33.2 Å². The van der Waals surface area contributed by atoms with Crippen LogP contribution in [0.5, 0.6) is 0 Å². The summed E-state index contributed by atoms with van der Waals surface area (Å²) in [5.74, 6) is 0.731. The van der Waals surface area contributed by atoms with Crippen molar-refractivity contribution in [3.8, 4) is 33.8 Å². The molecule has 25 heteroatoms. The van der Waals surface area contributed by atoms with E-state index in [0.29, 0.717) is 94.6 Å². The summed E-state index contributed by atoms with van der Waals surface area (Å²) in [6.07, 6.45) is 17.4. The largest absolute Gasteiger partial charge is 0.466 e. The number of allylic oxidation sites excluding steroid dienone is 2. The van der Waals surface area contributed by atoms with Crippen molar-refractivity contribution in [2.75, 3.05) is 37.9 Å². The Bertz CT molecular complexity index is 5290. The number of amides is 4. The molecule has 0 bridgehead atoms. The van der Waals surface area contributed by atoms with E-state index in [-0.39, 0.29) is 59.6 Å². The maximum absolute atomic E-state index is 12.7. The number of benzene rings is 6. The molecule has 2 fully saturated rings. The minimum absolute atomic E-state index is 0.0136. The number of ether oxygens (including phenoxy) is 1. The number of rotatable bonds is 18. The number of aryl methyl sites for hydroxylation is 3. The van der Waals surface area contributed by atoms with E-state index in [2.05, 4.69) is 58.0 Å². The number of nitrogens with one attached hydrogen (secondary N) is 3. The van der Waals surface area contributed by atoms with E-state index >= 15 is 0 Å². The fraction of sp³-hybridized carbons (Fsp3) is 0.301. The predicted octanol–water partition coefficient (Wildman–Crippen LogP) is 12.9. The first-order valence-electron chi connectivity index (χ1n) is 36.7. The van der Waals surface area contributed by atoms with E-state index < -0.39 is 0 Å². The van der Waals surface area contributed by atoms with Gasteiger partial charge < -0.3 is 42.8 Å². The summed E-state index contributed by atoms with van der Waals surface area (Å²) in [5, 5.41) is 26.0. The van der Waals surface area contributed by atoms with Crippen LogP contribution in [0.2, 0.25) is 0 Å². The van der Waals surface area contributed by atoms with Gasteiger partial charge in [0.15, 0.2) is 16.9 Å². The molecule has 15 rings (SSSR count). The highest BCUT2D eigenvalue weighted by Gasteiger charge is 2.34. The molecule has 3 aliphatic rings. The zero-order valence-corrected chi connectivity index (χ0v) is 61.5. The monoisotopic (exact) mass is 1450 g/mol. The second-order valence-electron chi connectivity index (χ2n) is 28.0. The maximum atomic E-state index is 12.7. The molecule has 12 aromatic rings. The molecule has 0 radical (unpaired) electrons. The molecule has 0 saturated heterocycles. The Balaban J connectivity index is 0.000000143. The molecule has 0 aliphatic heterocycles. The molecule has 6 heterocycles. The number of nitrogens with two attached hydrogens (primary N) is 3. The van der Waals surface area contributed by atoms with Crippen LogP contribution >= 0.6 is 0 Å².